The minimum absolute atomic E-state index is 0.805. The van der Waals surface area contributed by atoms with E-state index in [-0.39, 0.29) is 0 Å². The molecule has 4 nitrogen and oxygen atoms in total. The molecule has 0 aromatic carbocycles. The van der Waals surface area contributed by atoms with Gasteiger partial charge in [0, 0.05) is 13.1 Å². The molecule has 0 aliphatic heterocycles. The van der Waals surface area contributed by atoms with E-state index in [1.54, 1.807) is 6.33 Å². The van der Waals surface area contributed by atoms with E-state index in [0.717, 1.165) is 41.5 Å². The molecular formula is C13H21BrN4. The number of aromatic nitrogens is 2. The Hall–Kier alpha value is -0.840. The number of nitrogens with one attached hydrogen (secondary N) is 2. The first-order chi connectivity index (χ1) is 8.81. The largest absolute Gasteiger partial charge is 0.369 e. The average molecular weight is 313 g/mol. The van der Waals surface area contributed by atoms with Crippen LogP contribution in [0.4, 0.5) is 11.6 Å². The lowest BCUT2D eigenvalue weighted by molar-refractivity contribution is 0.578. The van der Waals surface area contributed by atoms with Gasteiger partial charge in [-0.3, -0.25) is 0 Å². The molecule has 0 atom stereocenters. The van der Waals surface area contributed by atoms with Crippen LogP contribution in [-0.4, -0.2) is 23.1 Å². The SMILES string of the molecule is CCCNc1ncnc(NCC2CCCC2)c1Br. The highest BCUT2D eigenvalue weighted by Gasteiger charge is 2.16. The van der Waals surface area contributed by atoms with Crippen molar-refractivity contribution < 1.29 is 0 Å². The summed E-state index contributed by atoms with van der Waals surface area (Å²) < 4.78 is 0.941. The molecule has 0 bridgehead atoms. The molecule has 1 saturated carbocycles. The van der Waals surface area contributed by atoms with Crippen LogP contribution in [0.15, 0.2) is 10.8 Å². The lowest BCUT2D eigenvalue weighted by Gasteiger charge is -2.14. The minimum atomic E-state index is 0.805. The number of anilines is 2. The molecule has 0 unspecified atom stereocenters. The maximum Gasteiger partial charge on any atom is 0.145 e. The quantitative estimate of drug-likeness (QED) is 0.841. The third-order valence-corrected chi connectivity index (χ3v) is 4.12. The van der Waals surface area contributed by atoms with E-state index in [0.29, 0.717) is 0 Å². The highest BCUT2D eigenvalue weighted by Crippen LogP contribution is 2.29. The fourth-order valence-electron chi connectivity index (χ4n) is 2.32. The first-order valence-electron chi connectivity index (χ1n) is 6.79. The standard InChI is InChI=1S/C13H21BrN4/c1-2-7-15-12-11(14)13(18-9-17-12)16-8-10-5-3-4-6-10/h9-10H,2-8H2,1H3,(H2,15,16,17,18). The van der Waals surface area contributed by atoms with Crippen LogP contribution in [0.2, 0.25) is 0 Å². The van der Waals surface area contributed by atoms with Gasteiger partial charge in [0.1, 0.15) is 22.4 Å². The average Bonchev–Trinajstić information content (AvgIpc) is 2.89. The van der Waals surface area contributed by atoms with Crippen LogP contribution < -0.4 is 10.6 Å². The Morgan fingerprint density at radius 3 is 2.56 bits per heavy atom. The van der Waals surface area contributed by atoms with Gasteiger partial charge in [-0.2, -0.15) is 0 Å². The highest BCUT2D eigenvalue weighted by molar-refractivity contribution is 9.10. The van der Waals surface area contributed by atoms with Crippen molar-refractivity contribution >= 4 is 27.6 Å². The Balaban J connectivity index is 1.94. The zero-order valence-electron chi connectivity index (χ0n) is 10.9. The second kappa shape index (κ2) is 6.92. The van der Waals surface area contributed by atoms with E-state index < -0.39 is 0 Å². The van der Waals surface area contributed by atoms with E-state index in [4.69, 9.17) is 0 Å². The van der Waals surface area contributed by atoms with Gasteiger partial charge in [-0.25, -0.2) is 9.97 Å². The summed E-state index contributed by atoms with van der Waals surface area (Å²) in [4.78, 5) is 8.55. The summed E-state index contributed by atoms with van der Waals surface area (Å²) in [5, 5.41) is 6.73. The Morgan fingerprint density at radius 2 is 1.89 bits per heavy atom. The fourth-order valence-corrected chi connectivity index (χ4v) is 2.80. The van der Waals surface area contributed by atoms with Crippen LogP contribution in [0.1, 0.15) is 39.0 Å². The summed E-state index contributed by atoms with van der Waals surface area (Å²) in [7, 11) is 0. The van der Waals surface area contributed by atoms with Crippen LogP contribution in [-0.2, 0) is 0 Å². The van der Waals surface area contributed by atoms with Crippen molar-refractivity contribution in [2.75, 3.05) is 23.7 Å². The van der Waals surface area contributed by atoms with Gasteiger partial charge in [-0.1, -0.05) is 19.8 Å². The lowest BCUT2D eigenvalue weighted by atomic mass is 10.1. The Morgan fingerprint density at radius 1 is 1.22 bits per heavy atom. The molecule has 1 aromatic heterocycles. The van der Waals surface area contributed by atoms with Crippen molar-refractivity contribution in [3.05, 3.63) is 10.8 Å². The van der Waals surface area contributed by atoms with Gasteiger partial charge in [0.05, 0.1) is 0 Å². The van der Waals surface area contributed by atoms with Crippen LogP contribution >= 0.6 is 15.9 Å². The first-order valence-corrected chi connectivity index (χ1v) is 7.58. The number of nitrogens with zero attached hydrogens (tertiary/aromatic N) is 2. The lowest BCUT2D eigenvalue weighted by Crippen LogP contribution is -2.13. The Bertz CT molecular complexity index is 377. The zero-order valence-corrected chi connectivity index (χ0v) is 12.5. The fraction of sp³-hybridized carbons (Fsp3) is 0.692. The molecule has 0 radical (unpaired) electrons. The summed E-state index contributed by atoms with van der Waals surface area (Å²) in [6.07, 6.45) is 8.13. The van der Waals surface area contributed by atoms with Crippen molar-refractivity contribution in [1.82, 2.24) is 9.97 Å². The van der Waals surface area contributed by atoms with Gasteiger partial charge in [-0.05, 0) is 41.1 Å². The summed E-state index contributed by atoms with van der Waals surface area (Å²) in [5.74, 6) is 2.58. The van der Waals surface area contributed by atoms with Gasteiger partial charge in [-0.15, -0.1) is 0 Å². The van der Waals surface area contributed by atoms with Crippen molar-refractivity contribution in [2.45, 2.75) is 39.0 Å². The third-order valence-electron chi connectivity index (χ3n) is 3.36. The van der Waals surface area contributed by atoms with Gasteiger partial charge >= 0.3 is 0 Å². The maximum atomic E-state index is 4.30. The van der Waals surface area contributed by atoms with Crippen LogP contribution in [0.5, 0.6) is 0 Å². The van der Waals surface area contributed by atoms with E-state index >= 15 is 0 Å². The van der Waals surface area contributed by atoms with E-state index in [1.165, 1.54) is 25.7 Å². The van der Waals surface area contributed by atoms with Crippen LogP contribution in [0, 0.1) is 5.92 Å². The topological polar surface area (TPSA) is 49.8 Å². The van der Waals surface area contributed by atoms with Gasteiger partial charge < -0.3 is 10.6 Å². The van der Waals surface area contributed by atoms with Gasteiger partial charge in [0.25, 0.3) is 0 Å². The van der Waals surface area contributed by atoms with Gasteiger partial charge in [0.15, 0.2) is 0 Å². The van der Waals surface area contributed by atoms with E-state index in [9.17, 15) is 0 Å². The highest BCUT2D eigenvalue weighted by atomic mass is 79.9. The molecule has 0 saturated heterocycles. The number of hydrogen-bond acceptors (Lipinski definition) is 4. The molecule has 1 aromatic rings. The molecule has 1 heterocycles. The normalized spacial score (nSPS) is 15.9. The molecule has 1 fully saturated rings. The van der Waals surface area contributed by atoms with Crippen LogP contribution in [0.3, 0.4) is 0 Å². The third kappa shape index (κ3) is 3.57. The number of halogens is 1. The van der Waals surface area contributed by atoms with Gasteiger partial charge in [0.2, 0.25) is 0 Å². The molecule has 5 heteroatoms. The molecule has 2 rings (SSSR count). The maximum absolute atomic E-state index is 4.30. The van der Waals surface area contributed by atoms with Crippen molar-refractivity contribution in [3.8, 4) is 0 Å². The van der Waals surface area contributed by atoms with E-state index in [2.05, 4.69) is 43.5 Å². The summed E-state index contributed by atoms with van der Waals surface area (Å²) >= 11 is 3.57. The molecular weight excluding hydrogens is 292 g/mol. The monoisotopic (exact) mass is 312 g/mol. The number of rotatable bonds is 6. The smallest absolute Gasteiger partial charge is 0.145 e. The Labute approximate surface area is 117 Å². The molecule has 2 N–H and O–H groups in total. The molecule has 1 aliphatic carbocycles. The Kier molecular flexibility index (Phi) is 5.23. The minimum Gasteiger partial charge on any atom is -0.369 e. The molecule has 0 spiro atoms. The predicted octanol–water partition coefficient (Wildman–Crippen LogP) is 3.66. The molecule has 18 heavy (non-hydrogen) atoms. The van der Waals surface area contributed by atoms with Crippen molar-refractivity contribution in [3.63, 3.8) is 0 Å². The summed E-state index contributed by atoms with van der Waals surface area (Å²) in [6, 6.07) is 0. The molecule has 100 valence electrons. The zero-order chi connectivity index (χ0) is 12.8. The molecule has 0 amide bonds. The van der Waals surface area contributed by atoms with Crippen molar-refractivity contribution in [2.24, 2.45) is 5.92 Å². The first kappa shape index (κ1) is 13.6. The predicted molar refractivity (Wildman–Crippen MR) is 79.0 cm³/mol. The number of hydrogen-bond donors (Lipinski definition) is 2. The van der Waals surface area contributed by atoms with Crippen molar-refractivity contribution in [1.29, 1.82) is 0 Å². The van der Waals surface area contributed by atoms with Crippen LogP contribution in [0.25, 0.3) is 0 Å². The molecule has 1 aliphatic rings. The second-order valence-corrected chi connectivity index (χ2v) is 5.64. The van der Waals surface area contributed by atoms with E-state index in [1.807, 2.05) is 0 Å². The summed E-state index contributed by atoms with van der Waals surface area (Å²) in [6.45, 7) is 4.09. The summed E-state index contributed by atoms with van der Waals surface area (Å²) in [5.41, 5.74) is 0. The second-order valence-electron chi connectivity index (χ2n) is 4.84.